The second kappa shape index (κ2) is 5.70. The van der Waals surface area contributed by atoms with Crippen LogP contribution >= 0.6 is 0 Å². The van der Waals surface area contributed by atoms with Gasteiger partial charge in [-0.25, -0.2) is 4.68 Å². The minimum absolute atomic E-state index is 0.303. The Morgan fingerprint density at radius 1 is 1.14 bits per heavy atom. The van der Waals surface area contributed by atoms with Crippen molar-refractivity contribution in [2.24, 2.45) is 0 Å². The topological polar surface area (TPSA) is 63.7 Å². The number of nitriles is 1. The predicted molar refractivity (Wildman–Crippen MR) is 82.8 cm³/mol. The normalized spacial score (nSPS) is 10.2. The largest absolute Gasteiger partial charge is 0.497 e. The second-order valence-electron chi connectivity index (χ2n) is 4.83. The molecule has 5 heteroatoms. The number of hydrogen-bond acceptors (Lipinski definition) is 4. The SMILES string of the molecule is COc1cccc(-n2nnc(C#N)c2-c2ccccc2C)c1. The number of aromatic nitrogens is 3. The highest BCUT2D eigenvalue weighted by molar-refractivity contribution is 5.70. The van der Waals surface area contributed by atoms with Gasteiger partial charge in [0.2, 0.25) is 0 Å². The summed E-state index contributed by atoms with van der Waals surface area (Å²) in [4.78, 5) is 0. The van der Waals surface area contributed by atoms with Gasteiger partial charge in [0, 0.05) is 11.6 Å². The molecule has 0 saturated heterocycles. The van der Waals surface area contributed by atoms with Gasteiger partial charge in [-0.2, -0.15) is 5.26 Å². The van der Waals surface area contributed by atoms with Crippen molar-refractivity contribution in [3.63, 3.8) is 0 Å². The number of benzene rings is 2. The lowest BCUT2D eigenvalue weighted by Crippen LogP contribution is -2.01. The lowest BCUT2D eigenvalue weighted by molar-refractivity contribution is 0.414. The van der Waals surface area contributed by atoms with E-state index in [2.05, 4.69) is 16.4 Å². The zero-order valence-electron chi connectivity index (χ0n) is 12.3. The smallest absolute Gasteiger partial charge is 0.191 e. The van der Waals surface area contributed by atoms with E-state index in [1.807, 2.05) is 55.5 Å². The van der Waals surface area contributed by atoms with E-state index in [-0.39, 0.29) is 0 Å². The molecular formula is C17H14N4O. The fourth-order valence-electron chi connectivity index (χ4n) is 2.36. The third-order valence-corrected chi connectivity index (χ3v) is 3.47. The second-order valence-corrected chi connectivity index (χ2v) is 4.83. The van der Waals surface area contributed by atoms with Crippen LogP contribution in [0.25, 0.3) is 16.9 Å². The lowest BCUT2D eigenvalue weighted by Gasteiger charge is -2.10. The Morgan fingerprint density at radius 2 is 1.95 bits per heavy atom. The van der Waals surface area contributed by atoms with Crippen molar-refractivity contribution < 1.29 is 4.74 Å². The van der Waals surface area contributed by atoms with Crippen molar-refractivity contribution in [2.75, 3.05) is 7.11 Å². The van der Waals surface area contributed by atoms with Crippen LogP contribution < -0.4 is 4.74 Å². The summed E-state index contributed by atoms with van der Waals surface area (Å²) in [5, 5.41) is 17.5. The van der Waals surface area contributed by atoms with Crippen LogP contribution in [0.4, 0.5) is 0 Å². The summed E-state index contributed by atoms with van der Waals surface area (Å²) in [7, 11) is 1.61. The van der Waals surface area contributed by atoms with Crippen LogP contribution in [0, 0.1) is 18.3 Å². The highest BCUT2D eigenvalue weighted by Crippen LogP contribution is 2.28. The first-order valence-electron chi connectivity index (χ1n) is 6.81. The average molecular weight is 290 g/mol. The van der Waals surface area contributed by atoms with Gasteiger partial charge < -0.3 is 4.74 Å². The van der Waals surface area contributed by atoms with Gasteiger partial charge in [-0.15, -0.1) is 5.10 Å². The molecule has 0 aliphatic rings. The molecular weight excluding hydrogens is 276 g/mol. The molecule has 0 spiro atoms. The molecule has 1 heterocycles. The van der Waals surface area contributed by atoms with E-state index in [1.165, 1.54) is 0 Å². The van der Waals surface area contributed by atoms with E-state index in [1.54, 1.807) is 11.8 Å². The molecule has 22 heavy (non-hydrogen) atoms. The molecule has 5 nitrogen and oxygen atoms in total. The summed E-state index contributed by atoms with van der Waals surface area (Å²) in [6.07, 6.45) is 0. The summed E-state index contributed by atoms with van der Waals surface area (Å²) in [5.74, 6) is 0.724. The molecule has 0 amide bonds. The van der Waals surface area contributed by atoms with Gasteiger partial charge in [-0.1, -0.05) is 35.5 Å². The summed E-state index contributed by atoms with van der Waals surface area (Å²) in [5.41, 5.74) is 3.79. The molecule has 0 saturated carbocycles. The maximum atomic E-state index is 9.34. The van der Waals surface area contributed by atoms with Crippen LogP contribution in [-0.4, -0.2) is 22.1 Å². The number of aryl methyl sites for hydroxylation is 1. The molecule has 0 aliphatic heterocycles. The molecule has 2 aromatic carbocycles. The maximum absolute atomic E-state index is 9.34. The zero-order valence-corrected chi connectivity index (χ0v) is 12.3. The summed E-state index contributed by atoms with van der Waals surface area (Å²) < 4.78 is 6.92. The van der Waals surface area contributed by atoms with Crippen LogP contribution in [0.5, 0.6) is 5.75 Å². The Kier molecular flexibility index (Phi) is 3.58. The third-order valence-electron chi connectivity index (χ3n) is 3.47. The van der Waals surface area contributed by atoms with Crippen molar-refractivity contribution in [2.45, 2.75) is 6.92 Å². The first-order chi connectivity index (χ1) is 10.7. The van der Waals surface area contributed by atoms with Crippen LogP contribution in [-0.2, 0) is 0 Å². The van der Waals surface area contributed by atoms with E-state index < -0.39 is 0 Å². The minimum Gasteiger partial charge on any atom is -0.497 e. The number of nitrogens with zero attached hydrogens (tertiary/aromatic N) is 4. The lowest BCUT2D eigenvalue weighted by atomic mass is 10.0. The number of ether oxygens (including phenoxy) is 1. The molecule has 0 N–H and O–H groups in total. The molecule has 108 valence electrons. The average Bonchev–Trinajstić information content (AvgIpc) is 2.99. The number of rotatable bonds is 3. The summed E-state index contributed by atoms with van der Waals surface area (Å²) >= 11 is 0. The summed E-state index contributed by atoms with van der Waals surface area (Å²) in [6.45, 7) is 2.00. The molecule has 3 aromatic rings. The molecule has 0 atom stereocenters. The van der Waals surface area contributed by atoms with E-state index in [0.717, 1.165) is 22.6 Å². The Bertz CT molecular complexity index is 861. The van der Waals surface area contributed by atoms with E-state index in [0.29, 0.717) is 11.4 Å². The van der Waals surface area contributed by atoms with Gasteiger partial charge in [-0.3, -0.25) is 0 Å². The first kappa shape index (κ1) is 13.8. The molecule has 0 bridgehead atoms. The Balaban J connectivity index is 2.24. The maximum Gasteiger partial charge on any atom is 0.191 e. The van der Waals surface area contributed by atoms with Crippen molar-refractivity contribution in [3.05, 3.63) is 59.8 Å². The quantitative estimate of drug-likeness (QED) is 0.743. The Morgan fingerprint density at radius 3 is 2.68 bits per heavy atom. The molecule has 0 radical (unpaired) electrons. The van der Waals surface area contributed by atoms with Gasteiger partial charge >= 0.3 is 0 Å². The Hall–Kier alpha value is -3.13. The van der Waals surface area contributed by atoms with Crippen molar-refractivity contribution in [1.29, 1.82) is 5.26 Å². The molecule has 0 aliphatic carbocycles. The van der Waals surface area contributed by atoms with Crippen LogP contribution in [0.2, 0.25) is 0 Å². The highest BCUT2D eigenvalue weighted by Gasteiger charge is 2.17. The van der Waals surface area contributed by atoms with Gasteiger partial charge in [0.1, 0.15) is 17.5 Å². The van der Waals surface area contributed by atoms with Crippen molar-refractivity contribution >= 4 is 0 Å². The van der Waals surface area contributed by atoms with Crippen LogP contribution in [0.15, 0.2) is 48.5 Å². The van der Waals surface area contributed by atoms with Crippen molar-refractivity contribution in [1.82, 2.24) is 15.0 Å². The fourth-order valence-corrected chi connectivity index (χ4v) is 2.36. The van der Waals surface area contributed by atoms with Crippen LogP contribution in [0.3, 0.4) is 0 Å². The van der Waals surface area contributed by atoms with Gasteiger partial charge in [0.15, 0.2) is 5.69 Å². The standard InChI is InChI=1S/C17H14N4O/c1-12-6-3-4-9-15(12)17-16(11-18)19-20-21(17)13-7-5-8-14(10-13)22-2/h3-10H,1-2H3. The Labute approximate surface area is 128 Å². The highest BCUT2D eigenvalue weighted by atomic mass is 16.5. The molecule has 3 rings (SSSR count). The molecule has 1 aromatic heterocycles. The first-order valence-corrected chi connectivity index (χ1v) is 6.81. The van der Waals surface area contributed by atoms with Gasteiger partial charge in [0.05, 0.1) is 12.8 Å². The monoisotopic (exact) mass is 290 g/mol. The van der Waals surface area contributed by atoms with Gasteiger partial charge in [-0.05, 0) is 24.6 Å². The van der Waals surface area contributed by atoms with Gasteiger partial charge in [0.25, 0.3) is 0 Å². The third kappa shape index (κ3) is 2.31. The van der Waals surface area contributed by atoms with E-state index in [4.69, 9.17) is 4.74 Å². The fraction of sp³-hybridized carbons (Fsp3) is 0.118. The molecule has 0 unspecified atom stereocenters. The van der Waals surface area contributed by atoms with E-state index >= 15 is 0 Å². The molecule has 0 fully saturated rings. The van der Waals surface area contributed by atoms with E-state index in [9.17, 15) is 5.26 Å². The number of methoxy groups -OCH3 is 1. The zero-order chi connectivity index (χ0) is 15.5. The van der Waals surface area contributed by atoms with Crippen LogP contribution in [0.1, 0.15) is 11.3 Å². The minimum atomic E-state index is 0.303. The predicted octanol–water partition coefficient (Wildman–Crippen LogP) is 3.12. The van der Waals surface area contributed by atoms with Crippen molar-refractivity contribution in [3.8, 4) is 28.8 Å². The summed E-state index contributed by atoms with van der Waals surface area (Å²) in [6, 6.07) is 17.5. The number of hydrogen-bond donors (Lipinski definition) is 0.